The number of Topliss-reactive ketones (excluding diaryl/α,β-unsaturated/α-hetero) is 2. The van der Waals surface area contributed by atoms with E-state index in [-0.39, 0.29) is 17.6 Å². The Bertz CT molecular complexity index is 573. The van der Waals surface area contributed by atoms with Crippen LogP contribution in [0.2, 0.25) is 0 Å². The third-order valence-corrected chi connectivity index (χ3v) is 5.09. The van der Waals surface area contributed by atoms with Crippen molar-refractivity contribution in [1.29, 1.82) is 0 Å². The summed E-state index contributed by atoms with van der Waals surface area (Å²) in [5, 5.41) is 8.52. The van der Waals surface area contributed by atoms with Gasteiger partial charge in [-0.15, -0.1) is 5.10 Å². The second-order valence-electron chi connectivity index (χ2n) is 7.77. The first-order valence-electron chi connectivity index (χ1n) is 9.49. The van der Waals surface area contributed by atoms with Crippen LogP contribution in [0.1, 0.15) is 59.1 Å². The van der Waals surface area contributed by atoms with Crippen LogP contribution in [-0.4, -0.2) is 34.9 Å². The van der Waals surface area contributed by atoms with Gasteiger partial charge in [0, 0.05) is 31.3 Å². The molecule has 2 heterocycles. The van der Waals surface area contributed by atoms with E-state index in [1.807, 2.05) is 39.8 Å². The van der Waals surface area contributed by atoms with Crippen LogP contribution in [0.25, 0.3) is 0 Å². The van der Waals surface area contributed by atoms with E-state index in [2.05, 4.69) is 15.1 Å². The molecule has 1 aliphatic rings. The standard InChI is InChI=1S/C20H31N3O2/c1-14(2)18(24)7-5-16-9-11-23(12-10-16)20-8-6-17(21-22-20)13-19(25)15(3)4/h6,8,14-16H,5,7,9-13H2,1-4H3. The van der Waals surface area contributed by atoms with E-state index in [1.54, 1.807) is 0 Å². The quantitative estimate of drug-likeness (QED) is 0.722. The van der Waals surface area contributed by atoms with Gasteiger partial charge in [-0.2, -0.15) is 5.10 Å². The zero-order valence-electron chi connectivity index (χ0n) is 16.0. The first kappa shape index (κ1) is 19.5. The van der Waals surface area contributed by atoms with Crippen molar-refractivity contribution in [1.82, 2.24) is 10.2 Å². The number of piperidine rings is 1. The molecule has 0 radical (unpaired) electrons. The maximum atomic E-state index is 11.8. The summed E-state index contributed by atoms with van der Waals surface area (Å²) in [4.78, 5) is 25.8. The molecule has 138 valence electrons. The maximum absolute atomic E-state index is 11.8. The van der Waals surface area contributed by atoms with Crippen LogP contribution in [0.4, 0.5) is 5.82 Å². The van der Waals surface area contributed by atoms with Crippen molar-refractivity contribution in [2.75, 3.05) is 18.0 Å². The average molecular weight is 345 g/mol. The molecule has 0 unspecified atom stereocenters. The Morgan fingerprint density at radius 2 is 1.68 bits per heavy atom. The molecule has 0 saturated carbocycles. The molecular weight excluding hydrogens is 314 g/mol. The summed E-state index contributed by atoms with van der Waals surface area (Å²) in [6.07, 6.45) is 4.27. The molecule has 0 aliphatic carbocycles. The zero-order chi connectivity index (χ0) is 18.4. The van der Waals surface area contributed by atoms with Gasteiger partial charge < -0.3 is 4.90 Å². The summed E-state index contributed by atoms with van der Waals surface area (Å²) in [7, 11) is 0. The molecule has 0 N–H and O–H groups in total. The smallest absolute Gasteiger partial charge is 0.151 e. The third kappa shape index (κ3) is 5.91. The van der Waals surface area contributed by atoms with Crippen LogP contribution >= 0.6 is 0 Å². The summed E-state index contributed by atoms with van der Waals surface area (Å²) in [5.41, 5.74) is 0.740. The number of anilines is 1. The number of carbonyl (C=O) groups excluding carboxylic acids is 2. The van der Waals surface area contributed by atoms with Crippen molar-refractivity contribution >= 4 is 17.4 Å². The van der Waals surface area contributed by atoms with Gasteiger partial charge in [0.1, 0.15) is 11.6 Å². The molecule has 1 aliphatic heterocycles. The van der Waals surface area contributed by atoms with Crippen LogP contribution in [0, 0.1) is 17.8 Å². The molecule has 1 aromatic rings. The predicted octanol–water partition coefficient (Wildman–Crippen LogP) is 3.47. The van der Waals surface area contributed by atoms with Gasteiger partial charge in [-0.05, 0) is 37.3 Å². The number of hydrogen-bond donors (Lipinski definition) is 0. The van der Waals surface area contributed by atoms with Crippen LogP contribution in [0.15, 0.2) is 12.1 Å². The van der Waals surface area contributed by atoms with Crippen molar-refractivity contribution in [2.45, 2.75) is 59.8 Å². The Morgan fingerprint density at radius 3 is 2.20 bits per heavy atom. The molecule has 5 nitrogen and oxygen atoms in total. The largest absolute Gasteiger partial charge is 0.355 e. The highest BCUT2D eigenvalue weighted by Gasteiger charge is 2.21. The molecule has 0 bridgehead atoms. The van der Waals surface area contributed by atoms with Crippen LogP contribution in [-0.2, 0) is 16.0 Å². The lowest BCUT2D eigenvalue weighted by molar-refractivity contribution is -0.122. The second-order valence-corrected chi connectivity index (χ2v) is 7.77. The van der Waals surface area contributed by atoms with E-state index in [0.29, 0.717) is 24.5 Å². The van der Waals surface area contributed by atoms with Crippen molar-refractivity contribution < 1.29 is 9.59 Å². The number of rotatable bonds is 8. The van der Waals surface area contributed by atoms with Crippen LogP contribution in [0.5, 0.6) is 0 Å². The Morgan fingerprint density at radius 1 is 1.04 bits per heavy atom. The molecule has 1 saturated heterocycles. The number of nitrogens with zero attached hydrogens (tertiary/aromatic N) is 3. The maximum Gasteiger partial charge on any atom is 0.151 e. The Hall–Kier alpha value is -1.78. The average Bonchev–Trinajstić information content (AvgIpc) is 2.60. The zero-order valence-corrected chi connectivity index (χ0v) is 16.0. The fourth-order valence-electron chi connectivity index (χ4n) is 3.08. The monoisotopic (exact) mass is 345 g/mol. The Kier molecular flexibility index (Phi) is 7.09. The van der Waals surface area contributed by atoms with Gasteiger partial charge in [-0.25, -0.2) is 0 Å². The molecule has 2 rings (SSSR count). The van der Waals surface area contributed by atoms with Gasteiger partial charge in [-0.1, -0.05) is 27.7 Å². The molecule has 0 spiro atoms. The first-order valence-corrected chi connectivity index (χ1v) is 9.49. The highest BCUT2D eigenvalue weighted by molar-refractivity contribution is 5.82. The van der Waals surface area contributed by atoms with E-state index >= 15 is 0 Å². The lowest BCUT2D eigenvalue weighted by Gasteiger charge is -2.32. The third-order valence-electron chi connectivity index (χ3n) is 5.09. The van der Waals surface area contributed by atoms with Gasteiger partial charge >= 0.3 is 0 Å². The number of carbonyl (C=O) groups is 2. The van der Waals surface area contributed by atoms with Gasteiger partial charge in [-0.3, -0.25) is 9.59 Å². The van der Waals surface area contributed by atoms with Crippen LogP contribution < -0.4 is 4.90 Å². The van der Waals surface area contributed by atoms with Gasteiger partial charge in [0.15, 0.2) is 5.82 Å². The Balaban J connectivity index is 1.80. The van der Waals surface area contributed by atoms with E-state index in [9.17, 15) is 9.59 Å². The van der Waals surface area contributed by atoms with Gasteiger partial charge in [0.2, 0.25) is 0 Å². The van der Waals surface area contributed by atoms with Crippen molar-refractivity contribution in [3.8, 4) is 0 Å². The molecule has 0 amide bonds. The number of hydrogen-bond acceptors (Lipinski definition) is 5. The van der Waals surface area contributed by atoms with Gasteiger partial charge in [0.05, 0.1) is 12.1 Å². The Labute approximate surface area is 151 Å². The number of aromatic nitrogens is 2. The molecule has 25 heavy (non-hydrogen) atoms. The lowest BCUT2D eigenvalue weighted by atomic mass is 9.90. The molecule has 5 heteroatoms. The SMILES string of the molecule is CC(C)C(=O)CCC1CCN(c2ccc(CC(=O)C(C)C)nn2)CC1. The van der Waals surface area contributed by atoms with Gasteiger partial charge in [0.25, 0.3) is 0 Å². The summed E-state index contributed by atoms with van der Waals surface area (Å²) >= 11 is 0. The molecule has 0 aromatic carbocycles. The summed E-state index contributed by atoms with van der Waals surface area (Å²) in [6.45, 7) is 9.68. The molecule has 1 aromatic heterocycles. The van der Waals surface area contributed by atoms with E-state index in [0.717, 1.165) is 43.9 Å². The molecule has 0 atom stereocenters. The minimum Gasteiger partial charge on any atom is -0.355 e. The normalized spacial score (nSPS) is 15.8. The summed E-state index contributed by atoms with van der Waals surface area (Å²) < 4.78 is 0. The van der Waals surface area contributed by atoms with E-state index in [4.69, 9.17) is 0 Å². The first-order chi connectivity index (χ1) is 11.9. The molecule has 1 fully saturated rings. The van der Waals surface area contributed by atoms with Crippen LogP contribution in [0.3, 0.4) is 0 Å². The van der Waals surface area contributed by atoms with Crippen molar-refractivity contribution in [3.05, 3.63) is 17.8 Å². The summed E-state index contributed by atoms with van der Waals surface area (Å²) in [6, 6.07) is 3.88. The summed E-state index contributed by atoms with van der Waals surface area (Å²) in [5.74, 6) is 2.27. The highest BCUT2D eigenvalue weighted by Crippen LogP contribution is 2.25. The fourth-order valence-corrected chi connectivity index (χ4v) is 3.08. The topological polar surface area (TPSA) is 63.2 Å². The second kappa shape index (κ2) is 9.07. The van der Waals surface area contributed by atoms with Crippen molar-refractivity contribution in [2.24, 2.45) is 17.8 Å². The van der Waals surface area contributed by atoms with Crippen molar-refractivity contribution in [3.63, 3.8) is 0 Å². The minimum absolute atomic E-state index is 0.0306. The minimum atomic E-state index is 0.0306. The number of ketones is 2. The lowest BCUT2D eigenvalue weighted by Crippen LogP contribution is -2.34. The molecular formula is C20H31N3O2. The van der Waals surface area contributed by atoms with E-state index < -0.39 is 0 Å². The highest BCUT2D eigenvalue weighted by atomic mass is 16.1. The van der Waals surface area contributed by atoms with E-state index in [1.165, 1.54) is 0 Å². The predicted molar refractivity (Wildman–Crippen MR) is 99.6 cm³/mol. The fraction of sp³-hybridized carbons (Fsp3) is 0.700.